The van der Waals surface area contributed by atoms with Crippen molar-refractivity contribution in [1.29, 1.82) is 0 Å². The van der Waals surface area contributed by atoms with Crippen molar-refractivity contribution in [3.63, 3.8) is 0 Å². The molecule has 3 N–H and O–H groups in total. The van der Waals surface area contributed by atoms with Gasteiger partial charge in [-0.1, -0.05) is 28.8 Å². The first-order valence-electron chi connectivity index (χ1n) is 7.69. The number of nitrogens with two attached hydrogens (primary N) is 1. The lowest BCUT2D eigenvalue weighted by atomic mass is 9.79. The third-order valence-corrected chi connectivity index (χ3v) is 6.38. The van der Waals surface area contributed by atoms with Gasteiger partial charge in [-0.15, -0.1) is 0 Å². The van der Waals surface area contributed by atoms with E-state index in [0.717, 1.165) is 23.9 Å². The molecule has 1 heterocycles. The molecule has 1 aliphatic heterocycles. The Kier molecular flexibility index (Phi) is 5.26. The minimum atomic E-state index is 0.131. The van der Waals surface area contributed by atoms with E-state index >= 15 is 0 Å². The first kappa shape index (κ1) is 16.2. The van der Waals surface area contributed by atoms with E-state index in [2.05, 4.69) is 62.1 Å². The van der Waals surface area contributed by atoms with Crippen LogP contribution in [-0.4, -0.2) is 12.2 Å². The second-order valence-corrected chi connectivity index (χ2v) is 8.40. The minimum Gasteiger partial charge on any atom is -0.375 e. The Labute approximate surface area is 148 Å². The van der Waals surface area contributed by atoms with Gasteiger partial charge < -0.3 is 4.74 Å². The van der Waals surface area contributed by atoms with Crippen LogP contribution in [0.1, 0.15) is 50.1 Å². The number of benzene rings is 1. The molecule has 3 nitrogen and oxygen atoms in total. The third-order valence-electron chi connectivity index (χ3n) is 4.99. The predicted octanol–water partition coefficient (Wildman–Crippen LogP) is 4.30. The fraction of sp³-hybridized carbons (Fsp3) is 0.625. The Balaban J connectivity index is 1.84. The number of rotatable bonds is 3. The quantitative estimate of drug-likeness (QED) is 0.398. The highest BCUT2D eigenvalue weighted by Crippen LogP contribution is 2.46. The number of ether oxygens (including phenoxy) is 1. The van der Waals surface area contributed by atoms with Crippen molar-refractivity contribution < 1.29 is 4.74 Å². The second kappa shape index (κ2) is 6.83. The summed E-state index contributed by atoms with van der Waals surface area (Å²) in [7, 11) is 0. The van der Waals surface area contributed by atoms with Crippen molar-refractivity contribution in [2.24, 2.45) is 11.8 Å². The molecule has 2 aliphatic rings. The van der Waals surface area contributed by atoms with E-state index < -0.39 is 0 Å². The molecule has 5 heteroatoms. The maximum atomic E-state index is 6.16. The van der Waals surface area contributed by atoms with E-state index in [-0.39, 0.29) is 11.6 Å². The molecule has 21 heavy (non-hydrogen) atoms. The van der Waals surface area contributed by atoms with Crippen molar-refractivity contribution in [1.82, 2.24) is 5.43 Å². The van der Waals surface area contributed by atoms with Gasteiger partial charge in [0.05, 0.1) is 11.6 Å². The Hall–Kier alpha value is 0.310. The summed E-state index contributed by atoms with van der Waals surface area (Å²) < 4.78 is 8.54. The monoisotopic (exact) mass is 464 g/mol. The number of halogens is 2. The lowest BCUT2D eigenvalue weighted by Crippen LogP contribution is -2.43. The Morgan fingerprint density at radius 1 is 1.38 bits per heavy atom. The van der Waals surface area contributed by atoms with E-state index in [9.17, 15) is 0 Å². The SMILES string of the molecule is NNC(c1cc(I)ccc1Br)C1CCOC2(CCCC2)C1. The van der Waals surface area contributed by atoms with Crippen LogP contribution in [0.3, 0.4) is 0 Å². The van der Waals surface area contributed by atoms with Crippen LogP contribution in [0.15, 0.2) is 22.7 Å². The molecular weight excluding hydrogens is 443 g/mol. The first-order chi connectivity index (χ1) is 10.1. The maximum absolute atomic E-state index is 6.16. The van der Waals surface area contributed by atoms with Crippen molar-refractivity contribution in [3.8, 4) is 0 Å². The highest BCUT2D eigenvalue weighted by Gasteiger charge is 2.42. The van der Waals surface area contributed by atoms with Gasteiger partial charge in [-0.05, 0) is 78.0 Å². The lowest BCUT2D eigenvalue weighted by molar-refractivity contribution is -0.0982. The van der Waals surface area contributed by atoms with Crippen molar-refractivity contribution in [2.75, 3.05) is 6.61 Å². The van der Waals surface area contributed by atoms with E-state index in [4.69, 9.17) is 10.6 Å². The number of hydrogen-bond donors (Lipinski definition) is 2. The highest BCUT2D eigenvalue weighted by molar-refractivity contribution is 14.1. The normalized spacial score (nSPS) is 26.1. The number of hydrogen-bond acceptors (Lipinski definition) is 3. The van der Waals surface area contributed by atoms with E-state index in [1.54, 1.807) is 0 Å². The molecule has 0 bridgehead atoms. The summed E-state index contributed by atoms with van der Waals surface area (Å²) >= 11 is 6.04. The average Bonchev–Trinajstić information content (AvgIpc) is 2.91. The van der Waals surface area contributed by atoms with Gasteiger partial charge in [0.2, 0.25) is 0 Å². The fourth-order valence-corrected chi connectivity index (χ4v) is 4.96. The highest BCUT2D eigenvalue weighted by atomic mass is 127. The summed E-state index contributed by atoms with van der Waals surface area (Å²) in [5.74, 6) is 6.47. The zero-order valence-corrected chi connectivity index (χ0v) is 15.8. The summed E-state index contributed by atoms with van der Waals surface area (Å²) in [6, 6.07) is 6.65. The van der Waals surface area contributed by atoms with E-state index in [1.807, 2.05) is 0 Å². The molecule has 0 amide bonds. The molecule has 1 aromatic rings. The maximum Gasteiger partial charge on any atom is 0.0686 e. The van der Waals surface area contributed by atoms with Crippen LogP contribution < -0.4 is 11.3 Å². The van der Waals surface area contributed by atoms with Crippen LogP contribution in [0, 0.1) is 9.49 Å². The van der Waals surface area contributed by atoms with Crippen LogP contribution in [0.2, 0.25) is 0 Å². The number of hydrazine groups is 1. The zero-order valence-electron chi connectivity index (χ0n) is 12.1. The van der Waals surface area contributed by atoms with Gasteiger partial charge >= 0.3 is 0 Å². The molecule has 0 aromatic heterocycles. The molecule has 116 valence electrons. The van der Waals surface area contributed by atoms with Crippen molar-refractivity contribution in [3.05, 3.63) is 31.8 Å². The van der Waals surface area contributed by atoms with E-state index in [1.165, 1.54) is 34.8 Å². The second-order valence-electron chi connectivity index (χ2n) is 6.30. The third kappa shape index (κ3) is 3.47. The summed E-state index contributed by atoms with van der Waals surface area (Å²) in [6.45, 7) is 0.865. The lowest BCUT2D eigenvalue weighted by Gasteiger charge is -2.41. The fourth-order valence-electron chi connectivity index (χ4n) is 3.95. The Bertz CT molecular complexity index is 505. The summed E-state index contributed by atoms with van der Waals surface area (Å²) in [6.07, 6.45) is 7.25. The van der Waals surface area contributed by atoms with Crippen molar-refractivity contribution >= 4 is 38.5 Å². The van der Waals surface area contributed by atoms with Crippen LogP contribution in [0.5, 0.6) is 0 Å². The largest absolute Gasteiger partial charge is 0.375 e. The minimum absolute atomic E-state index is 0.131. The molecule has 2 fully saturated rings. The smallest absolute Gasteiger partial charge is 0.0686 e. The molecule has 1 aliphatic carbocycles. The van der Waals surface area contributed by atoms with Crippen LogP contribution in [0.4, 0.5) is 0 Å². The van der Waals surface area contributed by atoms with Crippen LogP contribution in [0.25, 0.3) is 0 Å². The molecule has 0 radical (unpaired) electrons. The van der Waals surface area contributed by atoms with Crippen LogP contribution >= 0.6 is 38.5 Å². The van der Waals surface area contributed by atoms with Gasteiger partial charge in [0, 0.05) is 14.6 Å². The number of nitrogens with one attached hydrogen (secondary N) is 1. The molecule has 3 rings (SSSR count). The molecule has 2 unspecified atom stereocenters. The Morgan fingerprint density at radius 3 is 2.86 bits per heavy atom. The van der Waals surface area contributed by atoms with Gasteiger partial charge in [0.15, 0.2) is 0 Å². The summed E-state index contributed by atoms with van der Waals surface area (Å²) in [5, 5.41) is 0. The topological polar surface area (TPSA) is 47.3 Å². The molecule has 1 saturated carbocycles. The first-order valence-corrected chi connectivity index (χ1v) is 9.56. The Morgan fingerprint density at radius 2 is 2.14 bits per heavy atom. The van der Waals surface area contributed by atoms with E-state index in [0.29, 0.717) is 5.92 Å². The van der Waals surface area contributed by atoms with Gasteiger partial charge in [0.25, 0.3) is 0 Å². The summed E-state index contributed by atoms with van der Waals surface area (Å²) in [4.78, 5) is 0. The van der Waals surface area contributed by atoms with Gasteiger partial charge in [0.1, 0.15) is 0 Å². The standard InChI is InChI=1S/C16H22BrIN2O/c17-14-4-3-12(18)9-13(14)15(20-19)11-5-8-21-16(10-11)6-1-2-7-16/h3-4,9,11,15,20H,1-2,5-8,10,19H2. The predicted molar refractivity (Wildman–Crippen MR) is 96.8 cm³/mol. The summed E-state index contributed by atoms with van der Waals surface area (Å²) in [5.41, 5.74) is 4.47. The molecule has 1 aromatic carbocycles. The van der Waals surface area contributed by atoms with Gasteiger partial charge in [-0.25, -0.2) is 0 Å². The van der Waals surface area contributed by atoms with Crippen LogP contribution in [-0.2, 0) is 4.74 Å². The zero-order chi connectivity index (χ0) is 14.9. The molecular formula is C16H22BrIN2O. The average molecular weight is 465 g/mol. The van der Waals surface area contributed by atoms with Crippen molar-refractivity contribution in [2.45, 2.75) is 50.2 Å². The molecule has 1 saturated heterocycles. The molecule has 1 spiro atoms. The van der Waals surface area contributed by atoms with Gasteiger partial charge in [-0.2, -0.15) is 0 Å². The molecule has 2 atom stereocenters. The van der Waals surface area contributed by atoms with Gasteiger partial charge in [-0.3, -0.25) is 11.3 Å².